The first kappa shape index (κ1) is 11.6. The van der Waals surface area contributed by atoms with Gasteiger partial charge in [0.25, 0.3) is 0 Å². The van der Waals surface area contributed by atoms with Gasteiger partial charge in [-0.1, -0.05) is 12.2 Å². The number of ether oxygens (including phenoxy) is 3. The van der Waals surface area contributed by atoms with Crippen molar-refractivity contribution in [2.75, 3.05) is 20.8 Å². The molecule has 0 aliphatic heterocycles. The molecule has 0 heterocycles. The third-order valence-corrected chi connectivity index (χ3v) is 1.90. The van der Waals surface area contributed by atoms with Gasteiger partial charge in [-0.15, -0.1) is 0 Å². The molecule has 15 heavy (non-hydrogen) atoms. The monoisotopic (exact) mass is 207 g/mol. The summed E-state index contributed by atoms with van der Waals surface area (Å²) in [5, 5.41) is 0. The molecule has 0 saturated carbocycles. The molecule has 0 N–H and O–H groups in total. The van der Waals surface area contributed by atoms with E-state index in [2.05, 4.69) is 11.8 Å². The zero-order valence-corrected chi connectivity index (χ0v) is 9.03. The van der Waals surface area contributed by atoms with Gasteiger partial charge < -0.3 is 14.2 Å². The predicted octanol–water partition coefficient (Wildman–Crippen LogP) is 2.53. The molecule has 1 aromatic rings. The molecule has 1 aromatic carbocycles. The van der Waals surface area contributed by atoms with Gasteiger partial charge in [0.1, 0.15) is 11.5 Å². The van der Waals surface area contributed by atoms with Crippen LogP contribution in [0.3, 0.4) is 0 Å². The lowest BCUT2D eigenvalue weighted by molar-refractivity contribution is 0.282. The molecule has 0 spiro atoms. The fourth-order valence-electron chi connectivity index (χ4n) is 1.18. The largest absolute Gasteiger partial charge is 0.497 e. The Balaban J connectivity index is 2.86. The van der Waals surface area contributed by atoms with Crippen molar-refractivity contribution < 1.29 is 14.2 Å². The van der Waals surface area contributed by atoms with Crippen LogP contribution >= 0.6 is 0 Å². The van der Waals surface area contributed by atoms with Crippen molar-refractivity contribution in [3.05, 3.63) is 36.9 Å². The molecule has 0 aliphatic carbocycles. The van der Waals surface area contributed by atoms with Gasteiger partial charge in [-0.25, -0.2) is 0 Å². The standard InChI is InChI=1S/C12H15O3/c1-13-6-4-5-10-7-11(14-2)9-12(8-10)15-3/h4-5,7-9H,1,6H2,2-3H3/b5-4+. The lowest BCUT2D eigenvalue weighted by Gasteiger charge is -2.05. The highest BCUT2D eigenvalue weighted by molar-refractivity contribution is 5.55. The smallest absolute Gasteiger partial charge is 0.123 e. The fraction of sp³-hybridized carbons (Fsp3) is 0.250. The van der Waals surface area contributed by atoms with Crippen molar-refractivity contribution in [2.24, 2.45) is 0 Å². The lowest BCUT2D eigenvalue weighted by Crippen LogP contribution is -1.88. The van der Waals surface area contributed by atoms with Gasteiger partial charge in [0, 0.05) is 6.07 Å². The Bertz CT molecular complexity index is 309. The van der Waals surface area contributed by atoms with E-state index in [1.54, 1.807) is 14.2 Å². The molecule has 3 nitrogen and oxygen atoms in total. The minimum absolute atomic E-state index is 0.486. The van der Waals surface area contributed by atoms with Crippen LogP contribution in [0.2, 0.25) is 0 Å². The maximum absolute atomic E-state index is 5.15. The number of hydrogen-bond donors (Lipinski definition) is 0. The zero-order chi connectivity index (χ0) is 11.1. The Kier molecular flexibility index (Phi) is 4.71. The van der Waals surface area contributed by atoms with Crippen LogP contribution in [-0.2, 0) is 4.74 Å². The molecule has 0 saturated heterocycles. The van der Waals surface area contributed by atoms with E-state index in [-0.39, 0.29) is 0 Å². The van der Waals surface area contributed by atoms with Crippen LogP contribution in [0.1, 0.15) is 5.56 Å². The summed E-state index contributed by atoms with van der Waals surface area (Å²) in [6.07, 6.45) is 3.80. The Hall–Kier alpha value is -1.48. The van der Waals surface area contributed by atoms with E-state index in [1.807, 2.05) is 30.4 Å². The first-order valence-electron chi connectivity index (χ1n) is 4.56. The topological polar surface area (TPSA) is 27.7 Å². The molecule has 1 radical (unpaired) electrons. The van der Waals surface area contributed by atoms with Crippen LogP contribution in [0.4, 0.5) is 0 Å². The van der Waals surface area contributed by atoms with E-state index < -0.39 is 0 Å². The number of hydrogen-bond acceptors (Lipinski definition) is 3. The quantitative estimate of drug-likeness (QED) is 0.742. The Morgan fingerprint density at radius 2 is 1.73 bits per heavy atom. The summed E-state index contributed by atoms with van der Waals surface area (Å²) in [7, 11) is 6.54. The first-order valence-corrected chi connectivity index (χ1v) is 4.56. The summed E-state index contributed by atoms with van der Waals surface area (Å²) in [6.45, 7) is 0.486. The van der Waals surface area contributed by atoms with Gasteiger partial charge in [0.05, 0.1) is 27.9 Å². The van der Waals surface area contributed by atoms with E-state index in [1.165, 1.54) is 0 Å². The second-order valence-corrected chi connectivity index (χ2v) is 2.92. The SMILES string of the molecule is [CH2]OC/C=C/c1cc(OC)cc(OC)c1. The second kappa shape index (κ2) is 6.09. The van der Waals surface area contributed by atoms with E-state index in [9.17, 15) is 0 Å². The van der Waals surface area contributed by atoms with Crippen molar-refractivity contribution in [3.63, 3.8) is 0 Å². The first-order chi connectivity index (χ1) is 7.30. The molecule has 0 amide bonds. The summed E-state index contributed by atoms with van der Waals surface area (Å²) in [5.74, 6) is 1.54. The number of benzene rings is 1. The molecular formula is C12H15O3. The Morgan fingerprint density at radius 3 is 2.20 bits per heavy atom. The van der Waals surface area contributed by atoms with E-state index in [0.717, 1.165) is 17.1 Å². The van der Waals surface area contributed by atoms with E-state index in [0.29, 0.717) is 6.61 Å². The van der Waals surface area contributed by atoms with Crippen LogP contribution in [0.5, 0.6) is 11.5 Å². The fourth-order valence-corrected chi connectivity index (χ4v) is 1.18. The highest BCUT2D eigenvalue weighted by atomic mass is 16.5. The van der Waals surface area contributed by atoms with E-state index in [4.69, 9.17) is 9.47 Å². The van der Waals surface area contributed by atoms with Gasteiger partial charge in [-0.05, 0) is 17.7 Å². The molecule has 0 atom stereocenters. The molecule has 0 unspecified atom stereocenters. The molecule has 3 heteroatoms. The third kappa shape index (κ3) is 3.64. The highest BCUT2D eigenvalue weighted by Crippen LogP contribution is 2.23. The molecular weight excluding hydrogens is 192 g/mol. The van der Waals surface area contributed by atoms with Crippen LogP contribution in [0.25, 0.3) is 6.08 Å². The van der Waals surface area contributed by atoms with Gasteiger partial charge in [-0.3, -0.25) is 0 Å². The van der Waals surface area contributed by atoms with Crippen molar-refractivity contribution in [3.8, 4) is 11.5 Å². The summed E-state index contributed by atoms with van der Waals surface area (Å²) in [5.41, 5.74) is 1.00. The lowest BCUT2D eigenvalue weighted by atomic mass is 10.2. The average molecular weight is 207 g/mol. The van der Waals surface area contributed by atoms with Crippen LogP contribution < -0.4 is 9.47 Å². The molecule has 0 bridgehead atoms. The Labute approximate surface area is 90.3 Å². The molecule has 0 aliphatic rings. The van der Waals surface area contributed by atoms with Gasteiger partial charge in [0.15, 0.2) is 0 Å². The van der Waals surface area contributed by atoms with Crippen molar-refractivity contribution >= 4 is 6.08 Å². The number of rotatable bonds is 5. The maximum atomic E-state index is 5.15. The number of methoxy groups -OCH3 is 2. The zero-order valence-electron chi connectivity index (χ0n) is 9.03. The molecule has 0 aromatic heterocycles. The van der Waals surface area contributed by atoms with Gasteiger partial charge in [-0.2, -0.15) is 0 Å². The van der Waals surface area contributed by atoms with E-state index >= 15 is 0 Å². The minimum atomic E-state index is 0.486. The summed E-state index contributed by atoms with van der Waals surface area (Å²) in [6, 6.07) is 5.67. The second-order valence-electron chi connectivity index (χ2n) is 2.92. The van der Waals surface area contributed by atoms with Crippen LogP contribution in [0, 0.1) is 7.11 Å². The summed E-state index contributed by atoms with van der Waals surface area (Å²) < 4.78 is 15.0. The minimum Gasteiger partial charge on any atom is -0.497 e. The van der Waals surface area contributed by atoms with Crippen LogP contribution in [-0.4, -0.2) is 20.8 Å². The summed E-state index contributed by atoms with van der Waals surface area (Å²) >= 11 is 0. The molecule has 81 valence electrons. The van der Waals surface area contributed by atoms with Gasteiger partial charge >= 0.3 is 0 Å². The molecule has 1 rings (SSSR count). The highest BCUT2D eigenvalue weighted by Gasteiger charge is 1.98. The van der Waals surface area contributed by atoms with Crippen molar-refractivity contribution in [1.82, 2.24) is 0 Å². The average Bonchev–Trinajstić information content (AvgIpc) is 2.29. The van der Waals surface area contributed by atoms with Crippen molar-refractivity contribution in [2.45, 2.75) is 0 Å². The van der Waals surface area contributed by atoms with Gasteiger partial charge in [0.2, 0.25) is 0 Å². The third-order valence-electron chi connectivity index (χ3n) is 1.90. The normalized spacial score (nSPS) is 10.6. The van der Waals surface area contributed by atoms with Crippen molar-refractivity contribution in [1.29, 1.82) is 0 Å². The molecule has 0 fully saturated rings. The maximum Gasteiger partial charge on any atom is 0.123 e. The predicted molar refractivity (Wildman–Crippen MR) is 59.9 cm³/mol. The van der Waals surface area contributed by atoms with Crippen LogP contribution in [0.15, 0.2) is 24.3 Å². The summed E-state index contributed by atoms with van der Waals surface area (Å²) in [4.78, 5) is 0. The Morgan fingerprint density at radius 1 is 1.13 bits per heavy atom.